The zero-order valence-corrected chi connectivity index (χ0v) is 12.9. The molecule has 0 spiro atoms. The maximum Gasteiger partial charge on any atom is 0.237 e. The molecule has 2 rings (SSSR count). The van der Waals surface area contributed by atoms with Crippen molar-refractivity contribution in [1.82, 2.24) is 0 Å². The number of halogens is 1. The highest BCUT2D eigenvalue weighted by molar-refractivity contribution is 9.10. The molecular weight excluding hydrogens is 306 g/mol. The van der Waals surface area contributed by atoms with Gasteiger partial charge < -0.3 is 4.90 Å². The Balaban J connectivity index is 2.26. The molecule has 1 saturated heterocycles. The number of benzene rings is 1. The molecule has 0 N–H and O–H groups in total. The number of carbonyl (C=O) groups is 2. The van der Waals surface area contributed by atoms with Crippen molar-refractivity contribution in [3.63, 3.8) is 0 Å². The summed E-state index contributed by atoms with van der Waals surface area (Å²) in [6.07, 6.45) is 2.01. The third-order valence-corrected chi connectivity index (χ3v) is 4.52. The average molecular weight is 324 g/mol. The molecule has 1 fully saturated rings. The monoisotopic (exact) mass is 323 g/mol. The van der Waals surface area contributed by atoms with E-state index in [1.54, 1.807) is 4.90 Å². The second kappa shape index (κ2) is 5.87. The summed E-state index contributed by atoms with van der Waals surface area (Å²) in [5.74, 6) is -0.425. The molecule has 1 aromatic rings. The van der Waals surface area contributed by atoms with Crippen molar-refractivity contribution >= 4 is 33.3 Å². The van der Waals surface area contributed by atoms with E-state index in [1.807, 2.05) is 32.0 Å². The standard InChI is InChI=1S/C15H18BrNO2/c1-3-14(18)12-5-4-8-17(15(12)19)11-6-7-13(16)10(2)9-11/h6-7,9,12H,3-5,8H2,1-2H3. The summed E-state index contributed by atoms with van der Waals surface area (Å²) in [7, 11) is 0. The lowest BCUT2D eigenvalue weighted by Gasteiger charge is -2.31. The van der Waals surface area contributed by atoms with Crippen LogP contribution in [0.1, 0.15) is 31.7 Å². The molecular formula is C15H18BrNO2. The summed E-state index contributed by atoms with van der Waals surface area (Å²) in [5.41, 5.74) is 1.98. The van der Waals surface area contributed by atoms with Crippen molar-refractivity contribution in [2.24, 2.45) is 5.92 Å². The van der Waals surface area contributed by atoms with E-state index < -0.39 is 5.92 Å². The summed E-state index contributed by atoms with van der Waals surface area (Å²) in [4.78, 5) is 26.0. The van der Waals surface area contributed by atoms with Crippen molar-refractivity contribution in [2.75, 3.05) is 11.4 Å². The fourth-order valence-corrected chi connectivity index (χ4v) is 2.72. The first-order valence-corrected chi connectivity index (χ1v) is 7.44. The highest BCUT2D eigenvalue weighted by atomic mass is 79.9. The molecule has 1 atom stereocenters. The van der Waals surface area contributed by atoms with Gasteiger partial charge in [-0.15, -0.1) is 0 Å². The molecule has 1 heterocycles. The first-order valence-electron chi connectivity index (χ1n) is 6.64. The number of nitrogens with zero attached hydrogens (tertiary/aromatic N) is 1. The van der Waals surface area contributed by atoms with E-state index in [9.17, 15) is 9.59 Å². The molecule has 3 nitrogen and oxygen atoms in total. The average Bonchev–Trinajstić information content (AvgIpc) is 2.41. The normalized spacial score (nSPS) is 19.6. The molecule has 0 aliphatic carbocycles. The number of piperidine rings is 1. The van der Waals surface area contributed by atoms with Crippen LogP contribution in [0, 0.1) is 12.8 Å². The summed E-state index contributed by atoms with van der Waals surface area (Å²) in [6.45, 7) is 4.52. The van der Waals surface area contributed by atoms with E-state index in [0.29, 0.717) is 19.4 Å². The van der Waals surface area contributed by atoms with Crippen LogP contribution in [0.4, 0.5) is 5.69 Å². The van der Waals surface area contributed by atoms with Crippen LogP contribution in [0.15, 0.2) is 22.7 Å². The van der Waals surface area contributed by atoms with E-state index in [2.05, 4.69) is 15.9 Å². The second-order valence-corrected chi connectivity index (χ2v) is 5.79. The zero-order chi connectivity index (χ0) is 14.0. The van der Waals surface area contributed by atoms with Gasteiger partial charge in [-0.05, 0) is 43.5 Å². The summed E-state index contributed by atoms with van der Waals surface area (Å²) in [6, 6.07) is 5.86. The number of aryl methyl sites for hydroxylation is 1. The zero-order valence-electron chi connectivity index (χ0n) is 11.3. The lowest BCUT2D eigenvalue weighted by molar-refractivity contribution is -0.133. The number of hydrogen-bond acceptors (Lipinski definition) is 2. The molecule has 1 aliphatic rings. The van der Waals surface area contributed by atoms with Crippen LogP contribution in [0.5, 0.6) is 0 Å². The van der Waals surface area contributed by atoms with E-state index in [1.165, 1.54) is 0 Å². The maximum atomic E-state index is 12.4. The summed E-state index contributed by atoms with van der Waals surface area (Å²) < 4.78 is 1.03. The Hall–Kier alpha value is -1.16. The van der Waals surface area contributed by atoms with Gasteiger partial charge in [0.1, 0.15) is 5.78 Å². The van der Waals surface area contributed by atoms with E-state index >= 15 is 0 Å². The Bertz CT molecular complexity index is 513. The smallest absolute Gasteiger partial charge is 0.237 e. The van der Waals surface area contributed by atoms with Gasteiger partial charge in [0.25, 0.3) is 0 Å². The van der Waals surface area contributed by atoms with Gasteiger partial charge in [0, 0.05) is 23.1 Å². The van der Waals surface area contributed by atoms with Gasteiger partial charge in [-0.3, -0.25) is 9.59 Å². The van der Waals surface area contributed by atoms with Crippen molar-refractivity contribution in [2.45, 2.75) is 33.1 Å². The fraction of sp³-hybridized carbons (Fsp3) is 0.467. The lowest BCUT2D eigenvalue weighted by Crippen LogP contribution is -2.44. The summed E-state index contributed by atoms with van der Waals surface area (Å²) >= 11 is 3.46. The van der Waals surface area contributed by atoms with Crippen LogP contribution in [0.2, 0.25) is 0 Å². The first-order chi connectivity index (χ1) is 9.04. The van der Waals surface area contributed by atoms with Crippen molar-refractivity contribution in [3.8, 4) is 0 Å². The Morgan fingerprint density at radius 1 is 1.47 bits per heavy atom. The molecule has 1 unspecified atom stereocenters. The SMILES string of the molecule is CCC(=O)C1CCCN(c2ccc(Br)c(C)c2)C1=O. The molecule has 4 heteroatoms. The number of rotatable bonds is 3. The number of amides is 1. The summed E-state index contributed by atoms with van der Waals surface area (Å²) in [5, 5.41) is 0. The maximum absolute atomic E-state index is 12.4. The first kappa shape index (κ1) is 14.3. The minimum Gasteiger partial charge on any atom is -0.312 e. The van der Waals surface area contributed by atoms with E-state index in [-0.39, 0.29) is 11.7 Å². The molecule has 0 radical (unpaired) electrons. The number of ketones is 1. The van der Waals surface area contributed by atoms with Crippen LogP contribution in [-0.4, -0.2) is 18.2 Å². The Morgan fingerprint density at radius 2 is 2.21 bits per heavy atom. The third kappa shape index (κ3) is 2.89. The third-order valence-electron chi connectivity index (χ3n) is 3.63. The van der Waals surface area contributed by atoms with E-state index in [4.69, 9.17) is 0 Å². The highest BCUT2D eigenvalue weighted by Crippen LogP contribution is 2.28. The van der Waals surface area contributed by atoms with E-state index in [0.717, 1.165) is 22.1 Å². The van der Waals surface area contributed by atoms with Crippen molar-refractivity contribution in [3.05, 3.63) is 28.2 Å². The molecule has 1 amide bonds. The van der Waals surface area contributed by atoms with Crippen molar-refractivity contribution < 1.29 is 9.59 Å². The molecule has 0 bridgehead atoms. The predicted molar refractivity (Wildman–Crippen MR) is 79.3 cm³/mol. The van der Waals surface area contributed by atoms with Crippen LogP contribution in [0.25, 0.3) is 0 Å². The molecule has 0 aromatic heterocycles. The predicted octanol–water partition coefficient (Wildman–Crippen LogP) is 3.48. The lowest BCUT2D eigenvalue weighted by atomic mass is 9.91. The van der Waals surface area contributed by atoms with Crippen LogP contribution < -0.4 is 4.90 Å². The van der Waals surface area contributed by atoms with Gasteiger partial charge in [-0.25, -0.2) is 0 Å². The number of hydrogen-bond donors (Lipinski definition) is 0. The Morgan fingerprint density at radius 3 is 2.84 bits per heavy atom. The van der Waals surface area contributed by atoms with Crippen molar-refractivity contribution in [1.29, 1.82) is 0 Å². The largest absolute Gasteiger partial charge is 0.312 e. The van der Waals surface area contributed by atoms with Gasteiger partial charge in [0.2, 0.25) is 5.91 Å². The minimum atomic E-state index is -0.442. The van der Waals surface area contributed by atoms with Gasteiger partial charge >= 0.3 is 0 Å². The molecule has 1 aliphatic heterocycles. The molecule has 0 saturated carbocycles. The van der Waals surface area contributed by atoms with Gasteiger partial charge in [-0.2, -0.15) is 0 Å². The number of carbonyl (C=O) groups excluding carboxylic acids is 2. The fourth-order valence-electron chi connectivity index (χ4n) is 2.47. The van der Waals surface area contributed by atoms with Crippen LogP contribution in [0.3, 0.4) is 0 Å². The number of anilines is 1. The second-order valence-electron chi connectivity index (χ2n) is 4.94. The van der Waals surface area contributed by atoms with Gasteiger partial charge in [0.05, 0.1) is 5.92 Å². The molecule has 102 valence electrons. The molecule has 1 aromatic carbocycles. The quantitative estimate of drug-likeness (QED) is 0.798. The Kier molecular flexibility index (Phi) is 4.40. The minimum absolute atomic E-state index is 0.0418. The van der Waals surface area contributed by atoms with Crippen LogP contribution >= 0.6 is 15.9 Å². The number of Topliss-reactive ketones (excluding diaryl/α,β-unsaturated/α-hetero) is 1. The van der Waals surface area contributed by atoms with Gasteiger partial charge in [0.15, 0.2) is 0 Å². The van der Waals surface area contributed by atoms with Crippen LogP contribution in [-0.2, 0) is 9.59 Å². The Labute approximate surface area is 122 Å². The topological polar surface area (TPSA) is 37.4 Å². The molecule has 19 heavy (non-hydrogen) atoms. The highest BCUT2D eigenvalue weighted by Gasteiger charge is 2.33. The van der Waals surface area contributed by atoms with Gasteiger partial charge in [-0.1, -0.05) is 22.9 Å².